The van der Waals surface area contributed by atoms with Crippen LogP contribution in [0.15, 0.2) is 11.1 Å². The molecule has 0 radical (unpaired) electrons. The van der Waals surface area contributed by atoms with Crippen LogP contribution in [-0.4, -0.2) is 0 Å². The average molecular weight is 178 g/mol. The highest BCUT2D eigenvalue weighted by Gasteiger charge is 2.34. The van der Waals surface area contributed by atoms with Crippen molar-refractivity contribution in [2.45, 2.75) is 59.3 Å². The quantitative estimate of drug-likeness (QED) is 0.485. The summed E-state index contributed by atoms with van der Waals surface area (Å²) in [7, 11) is 0. The van der Waals surface area contributed by atoms with E-state index in [1.165, 1.54) is 38.5 Å². The Balaban J connectivity index is 2.37. The average Bonchev–Trinajstić information content (AvgIpc) is 2.02. The lowest BCUT2D eigenvalue weighted by molar-refractivity contribution is 0.301. The lowest BCUT2D eigenvalue weighted by atomic mass is 9.64. The SMILES string of the molecule is CC1CCCC2=C1C(C)(C)CCC2. The fourth-order valence-electron chi connectivity index (χ4n) is 3.53. The lowest BCUT2D eigenvalue weighted by Gasteiger charge is -2.41. The molecule has 0 N–H and O–H groups in total. The topological polar surface area (TPSA) is 0 Å². The Hall–Kier alpha value is -0.260. The number of allylic oxidation sites excluding steroid dienone is 2. The Bertz CT molecular complexity index is 228. The molecule has 0 aromatic rings. The van der Waals surface area contributed by atoms with Gasteiger partial charge in [0.05, 0.1) is 0 Å². The van der Waals surface area contributed by atoms with Gasteiger partial charge in [-0.05, 0) is 49.9 Å². The first-order valence-corrected chi connectivity index (χ1v) is 5.83. The van der Waals surface area contributed by atoms with Crippen LogP contribution in [0.5, 0.6) is 0 Å². The minimum absolute atomic E-state index is 0.521. The van der Waals surface area contributed by atoms with Gasteiger partial charge in [-0.15, -0.1) is 0 Å². The maximum absolute atomic E-state index is 2.45. The van der Waals surface area contributed by atoms with Crippen LogP contribution in [0, 0.1) is 11.3 Å². The minimum atomic E-state index is 0.521. The zero-order chi connectivity index (χ0) is 9.47. The van der Waals surface area contributed by atoms with Crippen molar-refractivity contribution in [3.05, 3.63) is 11.1 Å². The van der Waals surface area contributed by atoms with E-state index in [9.17, 15) is 0 Å². The van der Waals surface area contributed by atoms with E-state index in [0.29, 0.717) is 5.41 Å². The molecule has 0 heterocycles. The summed E-state index contributed by atoms with van der Waals surface area (Å²) < 4.78 is 0. The van der Waals surface area contributed by atoms with Crippen molar-refractivity contribution in [2.75, 3.05) is 0 Å². The van der Waals surface area contributed by atoms with E-state index in [4.69, 9.17) is 0 Å². The van der Waals surface area contributed by atoms with E-state index in [-0.39, 0.29) is 0 Å². The second-order valence-corrected chi connectivity index (χ2v) is 5.55. The van der Waals surface area contributed by atoms with E-state index < -0.39 is 0 Å². The van der Waals surface area contributed by atoms with Crippen molar-refractivity contribution in [3.8, 4) is 0 Å². The van der Waals surface area contributed by atoms with Gasteiger partial charge < -0.3 is 0 Å². The number of hydrogen-bond donors (Lipinski definition) is 0. The highest BCUT2D eigenvalue weighted by atomic mass is 14.4. The zero-order valence-corrected chi connectivity index (χ0v) is 9.32. The van der Waals surface area contributed by atoms with Gasteiger partial charge in [0.2, 0.25) is 0 Å². The van der Waals surface area contributed by atoms with Crippen LogP contribution in [-0.2, 0) is 0 Å². The van der Waals surface area contributed by atoms with Crippen LogP contribution in [0.2, 0.25) is 0 Å². The van der Waals surface area contributed by atoms with Gasteiger partial charge in [-0.2, -0.15) is 0 Å². The maximum Gasteiger partial charge on any atom is -0.0139 e. The van der Waals surface area contributed by atoms with E-state index >= 15 is 0 Å². The maximum atomic E-state index is 2.45. The summed E-state index contributed by atoms with van der Waals surface area (Å²) in [6, 6.07) is 0. The van der Waals surface area contributed by atoms with E-state index in [0.717, 1.165) is 5.92 Å². The van der Waals surface area contributed by atoms with Gasteiger partial charge in [-0.1, -0.05) is 31.9 Å². The van der Waals surface area contributed by atoms with Gasteiger partial charge in [0.1, 0.15) is 0 Å². The van der Waals surface area contributed by atoms with Crippen LogP contribution < -0.4 is 0 Å². The van der Waals surface area contributed by atoms with Crippen LogP contribution >= 0.6 is 0 Å². The molecule has 0 fully saturated rings. The summed E-state index contributed by atoms with van der Waals surface area (Å²) in [5.41, 5.74) is 4.19. The highest BCUT2D eigenvalue weighted by Crippen LogP contribution is 2.48. The molecule has 0 amide bonds. The summed E-state index contributed by atoms with van der Waals surface area (Å²) >= 11 is 0. The van der Waals surface area contributed by atoms with Crippen LogP contribution in [0.3, 0.4) is 0 Å². The smallest absolute Gasteiger partial charge is 0.0139 e. The molecule has 1 unspecified atom stereocenters. The van der Waals surface area contributed by atoms with Crippen molar-refractivity contribution < 1.29 is 0 Å². The molecule has 0 bridgehead atoms. The predicted molar refractivity (Wildman–Crippen MR) is 57.7 cm³/mol. The molecule has 2 rings (SSSR count). The second kappa shape index (κ2) is 3.15. The molecule has 0 saturated heterocycles. The molecule has 13 heavy (non-hydrogen) atoms. The molecular weight excluding hydrogens is 156 g/mol. The molecule has 0 saturated carbocycles. The van der Waals surface area contributed by atoms with Gasteiger partial charge in [0.25, 0.3) is 0 Å². The number of hydrogen-bond acceptors (Lipinski definition) is 0. The molecule has 0 heteroatoms. The lowest BCUT2D eigenvalue weighted by Crippen LogP contribution is -2.27. The molecule has 74 valence electrons. The summed E-state index contributed by atoms with van der Waals surface area (Å²) in [4.78, 5) is 0. The molecule has 0 aliphatic heterocycles. The summed E-state index contributed by atoms with van der Waals surface area (Å²) in [5, 5.41) is 0. The first-order valence-electron chi connectivity index (χ1n) is 5.83. The van der Waals surface area contributed by atoms with Crippen molar-refractivity contribution in [3.63, 3.8) is 0 Å². The Kier molecular flexibility index (Phi) is 2.25. The molecule has 0 spiro atoms. The fourth-order valence-corrected chi connectivity index (χ4v) is 3.53. The van der Waals surface area contributed by atoms with Gasteiger partial charge in [-0.25, -0.2) is 0 Å². The van der Waals surface area contributed by atoms with Crippen molar-refractivity contribution in [2.24, 2.45) is 11.3 Å². The summed E-state index contributed by atoms with van der Waals surface area (Å²) in [6.07, 6.45) is 8.53. The van der Waals surface area contributed by atoms with Crippen LogP contribution in [0.4, 0.5) is 0 Å². The predicted octanol–water partition coefficient (Wildman–Crippen LogP) is 4.31. The largest absolute Gasteiger partial charge is 0.0702 e. The molecule has 2 aliphatic rings. The molecule has 0 nitrogen and oxygen atoms in total. The van der Waals surface area contributed by atoms with Crippen molar-refractivity contribution in [1.29, 1.82) is 0 Å². The standard InChI is InChI=1S/C13H22/c1-10-6-4-7-11-8-5-9-13(2,3)12(10)11/h10H,4-9H2,1-3H3. The van der Waals surface area contributed by atoms with Gasteiger partial charge in [0.15, 0.2) is 0 Å². The molecule has 1 atom stereocenters. The van der Waals surface area contributed by atoms with E-state index in [1.54, 1.807) is 0 Å². The Morgan fingerprint density at radius 1 is 1.15 bits per heavy atom. The fraction of sp³-hybridized carbons (Fsp3) is 0.846. The molecule has 0 aromatic heterocycles. The zero-order valence-electron chi connectivity index (χ0n) is 9.32. The Morgan fingerprint density at radius 2 is 1.85 bits per heavy atom. The van der Waals surface area contributed by atoms with Gasteiger partial charge >= 0.3 is 0 Å². The summed E-state index contributed by atoms with van der Waals surface area (Å²) in [5.74, 6) is 0.874. The molecular formula is C13H22. The van der Waals surface area contributed by atoms with Gasteiger partial charge in [-0.3, -0.25) is 0 Å². The Labute approximate surface area is 82.4 Å². The summed E-state index contributed by atoms with van der Waals surface area (Å²) in [6.45, 7) is 7.33. The van der Waals surface area contributed by atoms with E-state index in [1.807, 2.05) is 11.1 Å². The minimum Gasteiger partial charge on any atom is -0.0702 e. The second-order valence-electron chi connectivity index (χ2n) is 5.55. The van der Waals surface area contributed by atoms with Crippen molar-refractivity contribution in [1.82, 2.24) is 0 Å². The number of rotatable bonds is 0. The molecule has 0 aromatic carbocycles. The third-order valence-electron chi connectivity index (χ3n) is 4.00. The molecule has 2 aliphatic carbocycles. The normalized spacial score (nSPS) is 33.0. The monoisotopic (exact) mass is 178 g/mol. The van der Waals surface area contributed by atoms with Crippen LogP contribution in [0.25, 0.3) is 0 Å². The Morgan fingerprint density at radius 3 is 2.54 bits per heavy atom. The third-order valence-corrected chi connectivity index (χ3v) is 4.00. The van der Waals surface area contributed by atoms with E-state index in [2.05, 4.69) is 20.8 Å². The van der Waals surface area contributed by atoms with Gasteiger partial charge in [0, 0.05) is 0 Å². The first-order chi connectivity index (χ1) is 6.11. The van der Waals surface area contributed by atoms with Crippen molar-refractivity contribution >= 4 is 0 Å². The third kappa shape index (κ3) is 1.56. The van der Waals surface area contributed by atoms with Crippen LogP contribution in [0.1, 0.15) is 59.3 Å². The first kappa shape index (κ1) is 9.30. The highest BCUT2D eigenvalue weighted by molar-refractivity contribution is 5.27.